The van der Waals surface area contributed by atoms with Gasteiger partial charge in [0.2, 0.25) is 0 Å². The van der Waals surface area contributed by atoms with E-state index in [1.165, 1.54) is 6.32 Å². The van der Waals surface area contributed by atoms with Crippen LogP contribution in [0.2, 0.25) is 13.1 Å². The van der Waals surface area contributed by atoms with E-state index < -0.39 is 0 Å². The van der Waals surface area contributed by atoms with Crippen molar-refractivity contribution in [2.45, 2.75) is 20.1 Å². The van der Waals surface area contributed by atoms with Gasteiger partial charge in [0, 0.05) is 0 Å². The second-order valence-corrected chi connectivity index (χ2v) is 1.62. The number of hydrogen-bond donors (Lipinski definition) is 0. The molecule has 0 aromatic carbocycles. The Morgan fingerprint density at radius 3 is 2.33 bits per heavy atom. The van der Waals surface area contributed by atoms with Crippen LogP contribution < -0.4 is 0 Å². The van der Waals surface area contributed by atoms with E-state index >= 15 is 0 Å². The molecule has 6 heavy (non-hydrogen) atoms. The Labute approximate surface area is 40.9 Å². The molecule has 0 aromatic heterocycles. The van der Waals surface area contributed by atoms with Crippen LogP contribution >= 0.6 is 0 Å². The molecule has 0 radical (unpaired) electrons. The molecular formula is C4H10B2. The molecule has 32 valence electrons. The van der Waals surface area contributed by atoms with E-state index in [0.717, 1.165) is 0 Å². The summed E-state index contributed by atoms with van der Waals surface area (Å²) < 4.78 is 0. The minimum atomic E-state index is 0.699. The monoisotopic (exact) mass is 80.1 g/mol. The zero-order valence-electron chi connectivity index (χ0n) is 4.57. The Hall–Kier alpha value is -0.000130. The van der Waals surface area contributed by atoms with Gasteiger partial charge in [-0.25, -0.2) is 0 Å². The molecule has 0 aromatic rings. The predicted molar refractivity (Wildman–Crippen MR) is 35.0 cm³/mol. The molecule has 2 heteroatoms. The summed E-state index contributed by atoms with van der Waals surface area (Å²) in [4.78, 5) is 0. The van der Waals surface area contributed by atoms with Crippen molar-refractivity contribution in [3.63, 3.8) is 0 Å². The van der Waals surface area contributed by atoms with Crippen LogP contribution in [0.5, 0.6) is 0 Å². The van der Waals surface area contributed by atoms with Crippen molar-refractivity contribution < 1.29 is 0 Å². The molecule has 0 unspecified atom stereocenters. The van der Waals surface area contributed by atoms with E-state index in [1.54, 1.807) is 0 Å². The Bertz CT molecular complexity index is 42.8. The fraction of sp³-hybridized carbons (Fsp3) is 0.750. The fourth-order valence-electron chi connectivity index (χ4n) is 0.167. The van der Waals surface area contributed by atoms with Gasteiger partial charge in [0.25, 0.3) is 0 Å². The van der Waals surface area contributed by atoms with Crippen LogP contribution in [-0.4, -0.2) is 19.9 Å². The molecule has 0 bridgehead atoms. The van der Waals surface area contributed by atoms with E-state index in [-0.39, 0.29) is 0 Å². The number of rotatable bonds is 2. The van der Waals surface area contributed by atoms with Crippen LogP contribution in [0.25, 0.3) is 0 Å². The Balaban J connectivity index is 2.96. The molecule has 0 aliphatic carbocycles. The van der Waals surface area contributed by atoms with Gasteiger partial charge < -0.3 is 0 Å². The van der Waals surface area contributed by atoms with Crippen LogP contribution in [0, 0.1) is 0 Å². The van der Waals surface area contributed by atoms with E-state index in [4.69, 9.17) is 0 Å². The van der Waals surface area contributed by atoms with Crippen molar-refractivity contribution >= 4 is 19.9 Å². The molecule has 0 spiro atoms. The summed E-state index contributed by atoms with van der Waals surface area (Å²) >= 11 is 0. The van der Waals surface area contributed by atoms with Crippen molar-refractivity contribution in [3.8, 4) is 0 Å². The third kappa shape index (κ3) is 2.25. The summed E-state index contributed by atoms with van der Waals surface area (Å²) in [7, 11) is 0. The van der Waals surface area contributed by atoms with Crippen molar-refractivity contribution in [3.05, 3.63) is 0 Å². The molecule has 0 aliphatic rings. The number of hydrogen-bond acceptors (Lipinski definition) is 0. The van der Waals surface area contributed by atoms with Crippen molar-refractivity contribution in [2.75, 3.05) is 0 Å². The molecule has 0 rings (SSSR count). The standard InChI is InChI=1S/C4H10B2/c1-4-6(3)5-2/h2,4H2,1,3H3. The molecule has 0 heterocycles. The summed E-state index contributed by atoms with van der Waals surface area (Å²) in [6.45, 7) is 10.6. The van der Waals surface area contributed by atoms with Gasteiger partial charge in [0.15, 0.2) is 0 Å². The minimum absolute atomic E-state index is 0.699. The van der Waals surface area contributed by atoms with Crippen molar-refractivity contribution in [1.29, 1.82) is 0 Å². The fourth-order valence-corrected chi connectivity index (χ4v) is 0.167. The zero-order valence-corrected chi connectivity index (χ0v) is 4.57. The van der Waals surface area contributed by atoms with Crippen molar-refractivity contribution in [2.24, 2.45) is 0 Å². The maximum atomic E-state index is 3.63. The zero-order chi connectivity index (χ0) is 4.99. The average Bonchev–Trinajstić information content (AvgIpc) is 1.65. The first-order chi connectivity index (χ1) is 2.81. The van der Waals surface area contributed by atoms with Gasteiger partial charge in [-0.1, -0.05) is 0 Å². The predicted octanol–water partition coefficient (Wildman–Crippen LogP) is 0.764. The van der Waals surface area contributed by atoms with Gasteiger partial charge in [0.1, 0.15) is 0 Å². The Morgan fingerprint density at radius 1 is 1.83 bits per heavy atom. The summed E-state index contributed by atoms with van der Waals surface area (Å²) in [6.07, 6.45) is 1.21. The second-order valence-electron chi connectivity index (χ2n) is 1.62. The maximum absolute atomic E-state index is 3.63. The van der Waals surface area contributed by atoms with Gasteiger partial charge in [-0.2, -0.15) is 0 Å². The van der Waals surface area contributed by atoms with Gasteiger partial charge in [-0.3, -0.25) is 0 Å². The topological polar surface area (TPSA) is 0 Å². The van der Waals surface area contributed by atoms with Crippen LogP contribution in [0.4, 0.5) is 0 Å². The third-order valence-electron chi connectivity index (χ3n) is 1.05. The summed E-state index contributed by atoms with van der Waals surface area (Å²) in [5.41, 5.74) is 0. The quantitative estimate of drug-likeness (QED) is 0.429. The first-order valence-electron chi connectivity index (χ1n) is 2.43. The van der Waals surface area contributed by atoms with E-state index in [0.29, 0.717) is 6.60 Å². The van der Waals surface area contributed by atoms with E-state index in [9.17, 15) is 0 Å². The van der Waals surface area contributed by atoms with Crippen LogP contribution in [0.15, 0.2) is 0 Å². The van der Waals surface area contributed by atoms with Gasteiger partial charge in [-0.15, -0.1) is 0 Å². The SMILES string of the molecule is C=BB(C)CC. The van der Waals surface area contributed by atoms with Gasteiger partial charge in [0.05, 0.1) is 0 Å². The summed E-state index contributed by atoms with van der Waals surface area (Å²) in [5, 5.41) is 0. The molecule has 0 atom stereocenters. The summed E-state index contributed by atoms with van der Waals surface area (Å²) in [5.74, 6) is 0. The molecule has 0 saturated heterocycles. The Kier molecular flexibility index (Phi) is 3.20. The van der Waals surface area contributed by atoms with Crippen LogP contribution in [0.3, 0.4) is 0 Å². The Morgan fingerprint density at radius 2 is 2.33 bits per heavy atom. The average molecular weight is 79.7 g/mol. The van der Waals surface area contributed by atoms with Gasteiger partial charge in [-0.05, 0) is 0 Å². The third-order valence-corrected chi connectivity index (χ3v) is 1.05. The first-order valence-corrected chi connectivity index (χ1v) is 2.43. The second kappa shape index (κ2) is 3.20. The van der Waals surface area contributed by atoms with Crippen LogP contribution in [-0.2, 0) is 0 Å². The van der Waals surface area contributed by atoms with E-state index in [2.05, 4.69) is 20.2 Å². The molecule has 0 N–H and O–H groups in total. The molecule has 0 nitrogen and oxygen atoms in total. The van der Waals surface area contributed by atoms with E-state index in [1.807, 2.05) is 6.81 Å². The molecule has 0 aliphatic heterocycles. The van der Waals surface area contributed by atoms with Crippen molar-refractivity contribution in [1.82, 2.24) is 0 Å². The molecule has 0 saturated carbocycles. The van der Waals surface area contributed by atoms with Gasteiger partial charge >= 0.3 is 40.0 Å². The molecule has 0 amide bonds. The molecular weight excluding hydrogens is 69.7 g/mol. The first kappa shape index (κ1) is 6.00. The van der Waals surface area contributed by atoms with Crippen LogP contribution in [0.1, 0.15) is 6.92 Å². The normalized spacial score (nSPS) is 7.00. The summed E-state index contributed by atoms with van der Waals surface area (Å²) in [6, 6.07) is 0. The molecule has 0 fully saturated rings.